The number of carbonyl (C=O) groups is 2. The van der Waals surface area contributed by atoms with Crippen molar-refractivity contribution in [3.8, 4) is 5.75 Å². The fraction of sp³-hybridized carbons (Fsp3) is 0.333. The third-order valence-corrected chi connectivity index (χ3v) is 4.37. The summed E-state index contributed by atoms with van der Waals surface area (Å²) in [6.45, 7) is 4.37. The lowest BCUT2D eigenvalue weighted by atomic mass is 10.1. The Morgan fingerprint density at radius 1 is 0.962 bits per heavy atom. The Morgan fingerprint density at radius 3 is 2.19 bits per heavy atom. The molecule has 5 heteroatoms. The van der Waals surface area contributed by atoms with Gasteiger partial charge in [0, 0.05) is 29.9 Å². The number of nitrogens with one attached hydrogen (secondary N) is 1. The molecule has 5 nitrogen and oxygen atoms in total. The number of hydrogen-bond acceptors (Lipinski definition) is 3. The van der Waals surface area contributed by atoms with Gasteiger partial charge in [-0.3, -0.25) is 9.59 Å². The van der Waals surface area contributed by atoms with Crippen LogP contribution in [0.2, 0.25) is 0 Å². The molecule has 1 aliphatic rings. The van der Waals surface area contributed by atoms with E-state index in [0.717, 1.165) is 38.1 Å². The molecule has 2 amide bonds. The quantitative estimate of drug-likeness (QED) is 0.856. The summed E-state index contributed by atoms with van der Waals surface area (Å²) in [5.74, 6) is 0.627. The van der Waals surface area contributed by atoms with Crippen LogP contribution >= 0.6 is 0 Å². The van der Waals surface area contributed by atoms with Crippen molar-refractivity contribution in [3.05, 3.63) is 59.7 Å². The first-order valence-electron chi connectivity index (χ1n) is 9.11. The summed E-state index contributed by atoms with van der Waals surface area (Å²) in [6.07, 6.45) is 3.09. The molecular weight excluding hydrogens is 328 g/mol. The normalized spacial score (nSPS) is 13.5. The fourth-order valence-electron chi connectivity index (χ4n) is 2.92. The van der Waals surface area contributed by atoms with Gasteiger partial charge in [0.2, 0.25) is 0 Å². The van der Waals surface area contributed by atoms with Gasteiger partial charge in [-0.05, 0) is 67.8 Å². The molecule has 1 fully saturated rings. The summed E-state index contributed by atoms with van der Waals surface area (Å²) in [5.41, 5.74) is 1.88. The van der Waals surface area contributed by atoms with Gasteiger partial charge in [0.25, 0.3) is 11.8 Å². The Bertz CT molecular complexity index is 748. The van der Waals surface area contributed by atoms with Crippen molar-refractivity contribution in [1.29, 1.82) is 0 Å². The van der Waals surface area contributed by atoms with Crippen molar-refractivity contribution in [3.63, 3.8) is 0 Å². The van der Waals surface area contributed by atoms with Crippen molar-refractivity contribution in [2.24, 2.45) is 0 Å². The van der Waals surface area contributed by atoms with Crippen LogP contribution in [0, 0.1) is 0 Å². The van der Waals surface area contributed by atoms with E-state index >= 15 is 0 Å². The number of benzene rings is 2. The lowest BCUT2D eigenvalue weighted by Gasteiger charge is -2.15. The monoisotopic (exact) mass is 352 g/mol. The van der Waals surface area contributed by atoms with E-state index in [0.29, 0.717) is 23.4 Å². The Hall–Kier alpha value is -2.82. The zero-order valence-electron chi connectivity index (χ0n) is 15.0. The summed E-state index contributed by atoms with van der Waals surface area (Å²) < 4.78 is 5.52. The van der Waals surface area contributed by atoms with Gasteiger partial charge in [-0.2, -0.15) is 0 Å². The van der Waals surface area contributed by atoms with E-state index in [2.05, 4.69) is 5.32 Å². The summed E-state index contributed by atoms with van der Waals surface area (Å²) in [6, 6.07) is 14.1. The van der Waals surface area contributed by atoms with Crippen LogP contribution in [-0.4, -0.2) is 36.4 Å². The largest absolute Gasteiger partial charge is 0.494 e. The van der Waals surface area contributed by atoms with Crippen LogP contribution in [0.25, 0.3) is 0 Å². The molecule has 136 valence electrons. The molecule has 1 aliphatic heterocycles. The van der Waals surface area contributed by atoms with Crippen molar-refractivity contribution in [2.45, 2.75) is 26.2 Å². The number of likely N-dealkylation sites (tertiary alicyclic amines) is 1. The Balaban J connectivity index is 1.59. The number of anilines is 1. The molecule has 2 aromatic carbocycles. The maximum Gasteiger partial charge on any atom is 0.255 e. The van der Waals surface area contributed by atoms with Gasteiger partial charge in [0.15, 0.2) is 0 Å². The van der Waals surface area contributed by atoms with Gasteiger partial charge in [-0.25, -0.2) is 0 Å². The van der Waals surface area contributed by atoms with Crippen LogP contribution in [0.5, 0.6) is 5.75 Å². The van der Waals surface area contributed by atoms with Gasteiger partial charge in [0.05, 0.1) is 6.61 Å². The molecule has 0 radical (unpaired) electrons. The first-order valence-corrected chi connectivity index (χ1v) is 9.11. The summed E-state index contributed by atoms with van der Waals surface area (Å²) in [4.78, 5) is 26.5. The highest BCUT2D eigenvalue weighted by Gasteiger charge is 2.19. The molecule has 3 rings (SSSR count). The summed E-state index contributed by atoms with van der Waals surface area (Å²) in [7, 11) is 0. The van der Waals surface area contributed by atoms with Crippen LogP contribution in [0.3, 0.4) is 0 Å². The topological polar surface area (TPSA) is 58.6 Å². The average Bonchev–Trinajstić information content (AvgIpc) is 3.21. The maximum absolute atomic E-state index is 12.3. The van der Waals surface area contributed by atoms with Crippen molar-refractivity contribution in [1.82, 2.24) is 4.90 Å². The predicted octanol–water partition coefficient (Wildman–Crippen LogP) is 3.96. The lowest BCUT2D eigenvalue weighted by molar-refractivity contribution is 0.0792. The van der Waals surface area contributed by atoms with Crippen molar-refractivity contribution in [2.75, 3.05) is 25.0 Å². The number of hydrogen-bond donors (Lipinski definition) is 1. The van der Waals surface area contributed by atoms with Crippen molar-refractivity contribution < 1.29 is 14.3 Å². The lowest BCUT2D eigenvalue weighted by Crippen LogP contribution is -2.27. The van der Waals surface area contributed by atoms with E-state index in [9.17, 15) is 9.59 Å². The van der Waals surface area contributed by atoms with E-state index in [1.54, 1.807) is 48.5 Å². The van der Waals surface area contributed by atoms with E-state index in [1.165, 1.54) is 0 Å². The van der Waals surface area contributed by atoms with Gasteiger partial charge in [-0.1, -0.05) is 6.92 Å². The van der Waals surface area contributed by atoms with Crippen LogP contribution in [0.4, 0.5) is 5.69 Å². The molecule has 0 aliphatic carbocycles. The molecule has 0 bridgehead atoms. The van der Waals surface area contributed by atoms with E-state index < -0.39 is 0 Å². The van der Waals surface area contributed by atoms with Gasteiger partial charge in [0.1, 0.15) is 5.75 Å². The van der Waals surface area contributed by atoms with Crippen LogP contribution in [0.15, 0.2) is 48.5 Å². The SMILES string of the molecule is CCCOc1ccc(C(=O)Nc2ccc(C(=O)N3CCCC3)cc2)cc1. The van der Waals surface area contributed by atoms with E-state index in [1.807, 2.05) is 11.8 Å². The average molecular weight is 352 g/mol. The number of rotatable bonds is 6. The Kier molecular flexibility index (Phi) is 5.89. The summed E-state index contributed by atoms with van der Waals surface area (Å²) >= 11 is 0. The number of amides is 2. The van der Waals surface area contributed by atoms with Gasteiger partial charge in [-0.15, -0.1) is 0 Å². The highest BCUT2D eigenvalue weighted by atomic mass is 16.5. The number of carbonyl (C=O) groups excluding carboxylic acids is 2. The second-order valence-corrected chi connectivity index (χ2v) is 6.40. The fourth-order valence-corrected chi connectivity index (χ4v) is 2.92. The van der Waals surface area contributed by atoms with Gasteiger partial charge >= 0.3 is 0 Å². The molecule has 0 atom stereocenters. The third kappa shape index (κ3) is 4.42. The molecule has 1 saturated heterocycles. The first-order chi connectivity index (χ1) is 12.7. The second kappa shape index (κ2) is 8.52. The minimum absolute atomic E-state index is 0.0584. The Morgan fingerprint density at radius 2 is 1.58 bits per heavy atom. The van der Waals surface area contributed by atoms with E-state index in [4.69, 9.17) is 4.74 Å². The zero-order valence-corrected chi connectivity index (χ0v) is 15.0. The van der Waals surface area contributed by atoms with Gasteiger partial charge < -0.3 is 15.0 Å². The Labute approximate surface area is 154 Å². The van der Waals surface area contributed by atoms with Crippen LogP contribution in [-0.2, 0) is 0 Å². The smallest absolute Gasteiger partial charge is 0.255 e. The molecule has 0 unspecified atom stereocenters. The highest BCUT2D eigenvalue weighted by Crippen LogP contribution is 2.17. The predicted molar refractivity (Wildman–Crippen MR) is 102 cm³/mol. The number of ether oxygens (including phenoxy) is 1. The van der Waals surface area contributed by atoms with Crippen LogP contribution in [0.1, 0.15) is 46.9 Å². The molecule has 1 N–H and O–H groups in total. The molecule has 1 heterocycles. The highest BCUT2D eigenvalue weighted by molar-refractivity contribution is 6.04. The minimum Gasteiger partial charge on any atom is -0.494 e. The minimum atomic E-state index is -0.189. The molecule has 2 aromatic rings. The van der Waals surface area contributed by atoms with Crippen LogP contribution < -0.4 is 10.1 Å². The van der Waals surface area contributed by atoms with E-state index in [-0.39, 0.29) is 11.8 Å². The maximum atomic E-state index is 12.3. The van der Waals surface area contributed by atoms with Crippen molar-refractivity contribution >= 4 is 17.5 Å². The molecule has 26 heavy (non-hydrogen) atoms. The summed E-state index contributed by atoms with van der Waals surface area (Å²) in [5, 5.41) is 2.85. The number of nitrogens with zero attached hydrogens (tertiary/aromatic N) is 1. The molecule has 0 aromatic heterocycles. The molecular formula is C21H24N2O3. The standard InChI is InChI=1S/C21H24N2O3/c1-2-15-26-19-11-7-16(8-12-19)20(24)22-18-9-5-17(6-10-18)21(25)23-13-3-4-14-23/h5-12H,2-4,13-15H2,1H3,(H,22,24). The second-order valence-electron chi connectivity index (χ2n) is 6.40. The molecule has 0 saturated carbocycles. The zero-order chi connectivity index (χ0) is 18.4. The third-order valence-electron chi connectivity index (χ3n) is 4.37. The first kappa shape index (κ1) is 18.0. The molecule has 0 spiro atoms.